The Morgan fingerprint density at radius 1 is 0.977 bits per heavy atom. The molecule has 3 heterocycles. The highest BCUT2D eigenvalue weighted by molar-refractivity contribution is 7.87. The molecule has 1 fully saturated rings. The lowest BCUT2D eigenvalue weighted by Gasteiger charge is -2.36. The number of aromatic amines is 1. The van der Waals surface area contributed by atoms with E-state index in [9.17, 15) is 27.9 Å². The van der Waals surface area contributed by atoms with E-state index in [-0.39, 0.29) is 19.6 Å². The molecular weight excluding hydrogens is 584 g/mol. The second-order valence-corrected chi connectivity index (χ2v) is 12.5. The highest BCUT2D eigenvalue weighted by Crippen LogP contribution is 2.19. The molecule has 0 bridgehead atoms. The van der Waals surface area contributed by atoms with Gasteiger partial charge in [-0.15, -0.1) is 0 Å². The summed E-state index contributed by atoms with van der Waals surface area (Å²) >= 11 is 0. The van der Waals surface area contributed by atoms with Gasteiger partial charge in [-0.1, -0.05) is 25.7 Å². The Kier molecular flexibility index (Phi) is 8.96. The quantitative estimate of drug-likeness (QED) is 0.252. The number of H-pyrrole nitrogens is 1. The zero-order valence-electron chi connectivity index (χ0n) is 24.2. The number of hydrogen-bond acceptors (Lipinski definition) is 7. The normalized spacial score (nSPS) is 14.8. The maximum absolute atomic E-state index is 13.2. The lowest BCUT2D eigenvalue weighted by molar-refractivity contribution is -0.140. The fourth-order valence-electron chi connectivity index (χ4n) is 4.94. The Bertz CT molecular complexity index is 1950. The van der Waals surface area contributed by atoms with Crippen molar-refractivity contribution in [2.75, 3.05) is 31.1 Å². The van der Waals surface area contributed by atoms with Gasteiger partial charge in [0.15, 0.2) is 0 Å². The van der Waals surface area contributed by atoms with Crippen molar-refractivity contribution in [2.24, 2.45) is 5.92 Å². The standard InChI is InChI=1S/C31H32N6O6S/c1-21(2)28(30(39)40)34-44(42,43)36-17-15-35(16-18-36)25-8-5-22(6-9-25)3-4-23-7-10-27-26(19-23)29(38)37(31(41)33-27)20-24-11-13-32-14-12-24/h5-14,19,21,28,34H,15-18,20H2,1-2H3,(H,33,41)(H,39,40)/t28-/m1/s1. The van der Waals surface area contributed by atoms with Gasteiger partial charge < -0.3 is 15.0 Å². The van der Waals surface area contributed by atoms with Gasteiger partial charge in [0, 0.05) is 55.4 Å². The third kappa shape index (κ3) is 6.89. The van der Waals surface area contributed by atoms with E-state index >= 15 is 0 Å². The molecule has 0 spiro atoms. The minimum atomic E-state index is -3.94. The zero-order chi connectivity index (χ0) is 31.4. The Labute approximate surface area is 254 Å². The number of benzene rings is 2. The number of fused-ring (bicyclic) bond motifs is 1. The number of nitrogens with zero attached hydrogens (tertiary/aromatic N) is 4. The fourth-order valence-corrected chi connectivity index (χ4v) is 6.42. The lowest BCUT2D eigenvalue weighted by Crippen LogP contribution is -2.55. The van der Waals surface area contributed by atoms with Crippen LogP contribution in [0.3, 0.4) is 0 Å². The number of carbonyl (C=O) groups is 1. The Morgan fingerprint density at radius 2 is 1.61 bits per heavy atom. The third-order valence-electron chi connectivity index (χ3n) is 7.44. The van der Waals surface area contributed by atoms with Gasteiger partial charge in [-0.25, -0.2) is 4.79 Å². The molecule has 5 rings (SSSR count). The molecule has 1 saturated heterocycles. The summed E-state index contributed by atoms with van der Waals surface area (Å²) in [5.41, 5.74) is 2.61. The smallest absolute Gasteiger partial charge is 0.329 e. The molecule has 0 amide bonds. The highest BCUT2D eigenvalue weighted by Gasteiger charge is 2.33. The van der Waals surface area contributed by atoms with Gasteiger partial charge in [-0.2, -0.15) is 17.4 Å². The van der Waals surface area contributed by atoms with Crippen LogP contribution >= 0.6 is 0 Å². The summed E-state index contributed by atoms with van der Waals surface area (Å²) < 4.78 is 30.3. The number of nitrogens with one attached hydrogen (secondary N) is 2. The van der Waals surface area contributed by atoms with E-state index in [1.165, 1.54) is 4.31 Å². The van der Waals surface area contributed by atoms with Crippen LogP contribution in [0.15, 0.2) is 76.6 Å². The van der Waals surface area contributed by atoms with Crippen LogP contribution in [0.5, 0.6) is 0 Å². The van der Waals surface area contributed by atoms with E-state index in [4.69, 9.17) is 0 Å². The highest BCUT2D eigenvalue weighted by atomic mass is 32.2. The Hall–Kier alpha value is -4.77. The van der Waals surface area contributed by atoms with Crippen LogP contribution in [0.1, 0.15) is 30.5 Å². The van der Waals surface area contributed by atoms with Crippen molar-refractivity contribution < 1.29 is 18.3 Å². The molecule has 0 radical (unpaired) electrons. The molecule has 228 valence electrons. The number of carboxylic acids is 1. The van der Waals surface area contributed by atoms with E-state index in [2.05, 4.69) is 31.4 Å². The Morgan fingerprint density at radius 3 is 2.25 bits per heavy atom. The second-order valence-electron chi connectivity index (χ2n) is 10.8. The van der Waals surface area contributed by atoms with Crippen LogP contribution in [0.4, 0.5) is 5.69 Å². The van der Waals surface area contributed by atoms with E-state index in [1.54, 1.807) is 56.6 Å². The van der Waals surface area contributed by atoms with Crippen molar-refractivity contribution in [2.45, 2.75) is 26.4 Å². The molecule has 44 heavy (non-hydrogen) atoms. The van der Waals surface area contributed by atoms with Gasteiger partial charge in [-0.05, 0) is 66.1 Å². The maximum Gasteiger partial charge on any atom is 0.329 e. The van der Waals surface area contributed by atoms with E-state index in [0.717, 1.165) is 21.4 Å². The summed E-state index contributed by atoms with van der Waals surface area (Å²) in [5, 5.41) is 9.71. The van der Waals surface area contributed by atoms with E-state index in [0.29, 0.717) is 29.6 Å². The van der Waals surface area contributed by atoms with Gasteiger partial charge in [0.2, 0.25) is 0 Å². The SMILES string of the molecule is CC(C)[C@@H](NS(=O)(=O)N1CCN(c2ccc(C#Cc3ccc4[nH]c(=O)n(Cc5ccncc5)c(=O)c4c3)cc2)CC1)C(=O)O. The number of rotatable bonds is 8. The summed E-state index contributed by atoms with van der Waals surface area (Å²) in [7, 11) is -3.94. The first-order valence-electron chi connectivity index (χ1n) is 14.0. The number of pyridine rings is 1. The molecule has 4 aromatic rings. The molecule has 1 atom stereocenters. The molecule has 13 heteroatoms. The maximum atomic E-state index is 13.2. The van der Waals surface area contributed by atoms with Crippen molar-refractivity contribution in [3.8, 4) is 11.8 Å². The van der Waals surface area contributed by atoms with Crippen LogP contribution < -0.4 is 20.9 Å². The van der Waals surface area contributed by atoms with Crippen molar-refractivity contribution >= 4 is 32.8 Å². The molecule has 2 aromatic heterocycles. The number of carboxylic acid groups (broad SMARTS) is 1. The molecule has 1 aliphatic rings. The van der Waals surface area contributed by atoms with Gasteiger partial charge >= 0.3 is 11.7 Å². The van der Waals surface area contributed by atoms with Gasteiger partial charge in [0.25, 0.3) is 15.8 Å². The van der Waals surface area contributed by atoms with Crippen LogP contribution in [0.25, 0.3) is 10.9 Å². The monoisotopic (exact) mass is 616 g/mol. The minimum Gasteiger partial charge on any atom is -0.480 e. The molecule has 0 saturated carbocycles. The first-order chi connectivity index (χ1) is 21.0. The van der Waals surface area contributed by atoms with Gasteiger partial charge in [-0.3, -0.25) is 19.1 Å². The molecule has 0 aliphatic carbocycles. The predicted octanol–water partition coefficient (Wildman–Crippen LogP) is 1.60. The van der Waals surface area contributed by atoms with Gasteiger partial charge in [0.1, 0.15) is 6.04 Å². The van der Waals surface area contributed by atoms with Crippen LogP contribution in [0.2, 0.25) is 0 Å². The zero-order valence-corrected chi connectivity index (χ0v) is 25.0. The average Bonchev–Trinajstić information content (AvgIpc) is 3.01. The molecule has 1 aliphatic heterocycles. The fraction of sp³-hybridized carbons (Fsp3) is 0.290. The summed E-state index contributed by atoms with van der Waals surface area (Å²) in [6, 6.07) is 14.9. The van der Waals surface area contributed by atoms with Crippen molar-refractivity contribution in [3.05, 3.63) is 105 Å². The molecule has 12 nitrogen and oxygen atoms in total. The van der Waals surface area contributed by atoms with Crippen LogP contribution in [0, 0.1) is 17.8 Å². The molecule has 2 aromatic carbocycles. The summed E-state index contributed by atoms with van der Waals surface area (Å²) in [4.78, 5) is 45.9. The second kappa shape index (κ2) is 12.8. The average molecular weight is 617 g/mol. The first-order valence-corrected chi connectivity index (χ1v) is 15.5. The van der Waals surface area contributed by atoms with Crippen molar-refractivity contribution in [3.63, 3.8) is 0 Å². The van der Waals surface area contributed by atoms with E-state index < -0.39 is 39.4 Å². The third-order valence-corrected chi connectivity index (χ3v) is 9.04. The number of aliphatic carboxylic acids is 1. The molecule has 0 unspecified atom stereocenters. The number of hydrogen-bond donors (Lipinski definition) is 3. The predicted molar refractivity (Wildman–Crippen MR) is 167 cm³/mol. The number of piperazine rings is 1. The summed E-state index contributed by atoms with van der Waals surface area (Å²) in [6.07, 6.45) is 3.21. The molecule has 3 N–H and O–H groups in total. The largest absolute Gasteiger partial charge is 0.480 e. The number of anilines is 1. The van der Waals surface area contributed by atoms with Crippen molar-refractivity contribution in [1.82, 2.24) is 23.6 Å². The number of aromatic nitrogens is 3. The first kappa shape index (κ1) is 30.7. The Balaban J connectivity index is 1.26. The van der Waals surface area contributed by atoms with E-state index in [1.807, 2.05) is 24.3 Å². The van der Waals surface area contributed by atoms with Gasteiger partial charge in [0.05, 0.1) is 17.4 Å². The van der Waals surface area contributed by atoms with Crippen LogP contribution in [-0.4, -0.2) is 70.6 Å². The topological polar surface area (TPSA) is 158 Å². The lowest BCUT2D eigenvalue weighted by atomic mass is 10.1. The van der Waals surface area contributed by atoms with Crippen LogP contribution in [-0.2, 0) is 21.5 Å². The molecular formula is C31H32N6O6S. The summed E-state index contributed by atoms with van der Waals surface area (Å²) in [5.74, 6) is 4.59. The summed E-state index contributed by atoms with van der Waals surface area (Å²) in [6.45, 7) is 4.77. The van der Waals surface area contributed by atoms with Crippen molar-refractivity contribution in [1.29, 1.82) is 0 Å². The minimum absolute atomic E-state index is 0.125.